The molecule has 1 aliphatic heterocycles. The minimum Gasteiger partial charge on any atom is -0.497 e. The fourth-order valence-electron chi connectivity index (χ4n) is 4.34. The van der Waals surface area contributed by atoms with Crippen LogP contribution in [0.5, 0.6) is 5.75 Å². The van der Waals surface area contributed by atoms with Gasteiger partial charge in [-0.1, -0.05) is 31.7 Å². The second-order valence-corrected chi connectivity index (χ2v) is 8.08. The number of nitrogens with one attached hydrogen (secondary N) is 2. The van der Waals surface area contributed by atoms with Crippen LogP contribution in [0.4, 0.5) is 4.39 Å². The van der Waals surface area contributed by atoms with Crippen LogP contribution < -0.4 is 15.4 Å². The molecule has 2 N–H and O–H groups in total. The lowest BCUT2D eigenvalue weighted by molar-refractivity contribution is -0.134. The summed E-state index contributed by atoms with van der Waals surface area (Å²) in [7, 11) is 1.49. The highest BCUT2D eigenvalue weighted by Crippen LogP contribution is 2.28. The average Bonchev–Trinajstić information content (AvgIpc) is 3.23. The van der Waals surface area contributed by atoms with Crippen LogP contribution in [0.25, 0.3) is 0 Å². The summed E-state index contributed by atoms with van der Waals surface area (Å²) in [5, 5.41) is 5.77. The van der Waals surface area contributed by atoms with Crippen LogP contribution in [0.3, 0.4) is 0 Å². The van der Waals surface area contributed by atoms with Gasteiger partial charge in [0, 0.05) is 37.8 Å². The van der Waals surface area contributed by atoms with Gasteiger partial charge in [0.25, 0.3) is 0 Å². The van der Waals surface area contributed by atoms with Gasteiger partial charge in [0.15, 0.2) is 0 Å². The van der Waals surface area contributed by atoms with Crippen molar-refractivity contribution in [2.24, 2.45) is 5.92 Å². The van der Waals surface area contributed by atoms with Crippen LogP contribution in [0.15, 0.2) is 18.2 Å². The maximum absolute atomic E-state index is 14.3. The molecule has 3 rings (SSSR count). The zero-order chi connectivity index (χ0) is 20.6. The third-order valence-corrected chi connectivity index (χ3v) is 6.04. The average molecular weight is 406 g/mol. The van der Waals surface area contributed by atoms with Crippen molar-refractivity contribution in [3.63, 3.8) is 0 Å². The molecule has 2 amide bonds. The van der Waals surface area contributed by atoms with Crippen molar-refractivity contribution >= 4 is 11.8 Å². The molecule has 29 heavy (non-hydrogen) atoms. The molecular weight excluding hydrogens is 373 g/mol. The van der Waals surface area contributed by atoms with Gasteiger partial charge in [0.1, 0.15) is 11.6 Å². The van der Waals surface area contributed by atoms with E-state index in [0.717, 1.165) is 18.8 Å². The largest absolute Gasteiger partial charge is 0.497 e. The Balaban J connectivity index is 1.51. The van der Waals surface area contributed by atoms with Crippen molar-refractivity contribution in [1.29, 1.82) is 0 Å². The number of piperazine rings is 1. The molecule has 0 unspecified atom stereocenters. The summed E-state index contributed by atoms with van der Waals surface area (Å²) >= 11 is 0. The summed E-state index contributed by atoms with van der Waals surface area (Å²) in [4.78, 5) is 26.6. The minimum atomic E-state index is -0.583. The predicted octanol–water partition coefficient (Wildman–Crippen LogP) is 2.61. The van der Waals surface area contributed by atoms with E-state index in [4.69, 9.17) is 4.74 Å². The highest BCUT2D eigenvalue weighted by molar-refractivity contribution is 5.88. The number of hydrogen-bond donors (Lipinski definition) is 2. The molecule has 1 aromatic rings. The quantitative estimate of drug-likeness (QED) is 0.620. The molecule has 0 radical (unpaired) electrons. The van der Waals surface area contributed by atoms with E-state index in [2.05, 4.69) is 10.6 Å². The number of amides is 2. The van der Waals surface area contributed by atoms with Gasteiger partial charge < -0.3 is 15.4 Å². The third-order valence-electron chi connectivity index (χ3n) is 6.04. The molecule has 1 saturated carbocycles. The summed E-state index contributed by atoms with van der Waals surface area (Å²) < 4.78 is 19.4. The maximum atomic E-state index is 14.3. The third kappa shape index (κ3) is 6.16. The number of nitrogens with zero attached hydrogens (tertiary/aromatic N) is 1. The van der Waals surface area contributed by atoms with Crippen molar-refractivity contribution in [3.8, 4) is 5.75 Å². The lowest BCUT2D eigenvalue weighted by Crippen LogP contribution is -2.56. The first kappa shape index (κ1) is 21.6. The Hall–Kier alpha value is -2.15. The van der Waals surface area contributed by atoms with Crippen LogP contribution in [-0.2, 0) is 16.1 Å². The molecule has 160 valence electrons. The van der Waals surface area contributed by atoms with Gasteiger partial charge in [-0.15, -0.1) is 0 Å². The number of hydrogen-bond acceptors (Lipinski definition) is 4. The number of benzene rings is 1. The van der Waals surface area contributed by atoms with E-state index in [1.54, 1.807) is 12.1 Å². The molecule has 0 spiro atoms. The maximum Gasteiger partial charge on any atom is 0.237 e. The molecule has 1 aliphatic carbocycles. The van der Waals surface area contributed by atoms with Crippen LogP contribution in [0.1, 0.15) is 50.5 Å². The Labute approximate surface area is 172 Å². The molecule has 7 heteroatoms. The number of ether oxygens (including phenoxy) is 1. The first-order valence-corrected chi connectivity index (χ1v) is 10.7. The van der Waals surface area contributed by atoms with Crippen molar-refractivity contribution in [2.75, 3.05) is 26.7 Å². The molecule has 2 aliphatic rings. The van der Waals surface area contributed by atoms with E-state index in [-0.39, 0.29) is 30.6 Å². The molecule has 1 saturated heterocycles. The van der Waals surface area contributed by atoms with Crippen LogP contribution in [0.2, 0.25) is 0 Å². The fraction of sp³-hybridized carbons (Fsp3) is 0.636. The lowest BCUT2D eigenvalue weighted by atomic mass is 10.0. The van der Waals surface area contributed by atoms with Crippen LogP contribution >= 0.6 is 0 Å². The predicted molar refractivity (Wildman–Crippen MR) is 109 cm³/mol. The standard InChI is InChI=1S/C22H32FN3O3/c1-29-18-9-8-17(19(23)13-18)15-26-12-11-25-22(28)20(26)14-21(27)24-10-4-7-16-5-2-3-6-16/h8-9,13,16,20H,2-7,10-12,14-15H2,1H3,(H,24,27)(H,25,28)/t20-/m1/s1. The SMILES string of the molecule is COc1ccc(CN2CCNC(=O)[C@H]2CC(=O)NCCCC2CCCC2)c(F)c1. The number of carbonyl (C=O) groups is 2. The molecule has 0 bridgehead atoms. The van der Waals surface area contributed by atoms with Gasteiger partial charge in [-0.05, 0) is 24.8 Å². The Kier molecular flexibility index (Phi) is 7.86. The van der Waals surface area contributed by atoms with Gasteiger partial charge in [-0.2, -0.15) is 0 Å². The molecule has 1 aromatic carbocycles. The Morgan fingerprint density at radius 2 is 2.14 bits per heavy atom. The zero-order valence-corrected chi connectivity index (χ0v) is 17.2. The molecular formula is C22H32FN3O3. The fourth-order valence-corrected chi connectivity index (χ4v) is 4.34. The van der Waals surface area contributed by atoms with Gasteiger partial charge in [-0.25, -0.2) is 4.39 Å². The molecule has 0 aromatic heterocycles. The Morgan fingerprint density at radius 3 is 2.86 bits per heavy atom. The highest BCUT2D eigenvalue weighted by Gasteiger charge is 2.32. The lowest BCUT2D eigenvalue weighted by Gasteiger charge is -2.34. The summed E-state index contributed by atoms with van der Waals surface area (Å²) in [6.07, 6.45) is 7.52. The normalized spacial score (nSPS) is 20.5. The number of halogens is 1. The topological polar surface area (TPSA) is 70.7 Å². The first-order chi connectivity index (χ1) is 14.1. The summed E-state index contributed by atoms with van der Waals surface area (Å²) in [6, 6.07) is 4.13. The monoisotopic (exact) mass is 405 g/mol. The Bertz CT molecular complexity index is 707. The second kappa shape index (κ2) is 10.6. The van der Waals surface area contributed by atoms with E-state index >= 15 is 0 Å². The number of carbonyl (C=O) groups excluding carboxylic acids is 2. The minimum absolute atomic E-state index is 0.0903. The van der Waals surface area contributed by atoms with Crippen LogP contribution in [0, 0.1) is 11.7 Å². The first-order valence-electron chi connectivity index (χ1n) is 10.7. The molecule has 1 heterocycles. The van der Waals surface area contributed by atoms with Crippen molar-refractivity contribution in [3.05, 3.63) is 29.6 Å². The summed E-state index contributed by atoms with van der Waals surface area (Å²) in [6.45, 7) is 2.01. The molecule has 1 atom stereocenters. The van der Waals surface area contributed by atoms with Gasteiger partial charge >= 0.3 is 0 Å². The zero-order valence-electron chi connectivity index (χ0n) is 17.2. The Morgan fingerprint density at radius 1 is 1.34 bits per heavy atom. The van der Waals surface area contributed by atoms with Gasteiger partial charge in [-0.3, -0.25) is 14.5 Å². The van der Waals surface area contributed by atoms with Crippen molar-refractivity contribution in [2.45, 2.75) is 57.5 Å². The van der Waals surface area contributed by atoms with Gasteiger partial charge in [0.05, 0.1) is 19.6 Å². The van der Waals surface area contributed by atoms with Crippen molar-refractivity contribution in [1.82, 2.24) is 15.5 Å². The van der Waals surface area contributed by atoms with E-state index in [1.165, 1.54) is 38.9 Å². The van der Waals surface area contributed by atoms with E-state index < -0.39 is 6.04 Å². The number of rotatable bonds is 9. The second-order valence-electron chi connectivity index (χ2n) is 8.08. The van der Waals surface area contributed by atoms with Crippen molar-refractivity contribution < 1.29 is 18.7 Å². The van der Waals surface area contributed by atoms with Crippen LogP contribution in [-0.4, -0.2) is 49.5 Å². The van der Waals surface area contributed by atoms with Gasteiger partial charge in [0.2, 0.25) is 11.8 Å². The van der Waals surface area contributed by atoms with E-state index in [0.29, 0.717) is 30.9 Å². The summed E-state index contributed by atoms with van der Waals surface area (Å²) in [5.41, 5.74) is 0.488. The molecule has 2 fully saturated rings. The van der Waals surface area contributed by atoms with E-state index in [1.807, 2.05) is 4.90 Å². The molecule has 6 nitrogen and oxygen atoms in total. The summed E-state index contributed by atoms with van der Waals surface area (Å²) in [5.74, 6) is 0.595. The smallest absolute Gasteiger partial charge is 0.237 e. The highest BCUT2D eigenvalue weighted by atomic mass is 19.1. The number of methoxy groups -OCH3 is 1. The van der Waals surface area contributed by atoms with E-state index in [9.17, 15) is 14.0 Å².